The van der Waals surface area contributed by atoms with Crippen LogP contribution in [0.15, 0.2) is 47.0 Å². The molecule has 192 valence electrons. The van der Waals surface area contributed by atoms with Crippen LogP contribution >= 0.6 is 11.6 Å². The first-order valence-electron chi connectivity index (χ1n) is 12.5. The Morgan fingerprint density at radius 2 is 2.05 bits per heavy atom. The maximum Gasteiger partial charge on any atom is 0.319 e. The maximum absolute atomic E-state index is 16.5. The third-order valence-corrected chi connectivity index (χ3v) is 7.11. The molecule has 7 nitrogen and oxygen atoms in total. The van der Waals surface area contributed by atoms with Gasteiger partial charge in [0.15, 0.2) is 5.82 Å². The molecule has 9 heteroatoms. The summed E-state index contributed by atoms with van der Waals surface area (Å²) in [6.45, 7) is 12.4. The van der Waals surface area contributed by atoms with Gasteiger partial charge in [0.25, 0.3) is 0 Å². The first-order chi connectivity index (χ1) is 18.0. The second kappa shape index (κ2) is 10.9. The van der Waals surface area contributed by atoms with Crippen molar-refractivity contribution in [3.8, 4) is 17.1 Å². The fourth-order valence-electron chi connectivity index (χ4n) is 4.86. The average molecular weight is 521 g/mol. The third-order valence-electron chi connectivity index (χ3n) is 6.81. The number of aromatic nitrogens is 2. The fourth-order valence-corrected chi connectivity index (χ4v) is 5.15. The average Bonchev–Trinajstić information content (AvgIpc) is 3.75. The van der Waals surface area contributed by atoms with Crippen LogP contribution in [0.25, 0.3) is 22.0 Å². The highest BCUT2D eigenvalue weighted by molar-refractivity contribution is 6.34. The van der Waals surface area contributed by atoms with Gasteiger partial charge in [-0.2, -0.15) is 9.97 Å². The number of amidine groups is 1. The molecule has 1 aromatic heterocycles. The van der Waals surface area contributed by atoms with E-state index in [1.54, 1.807) is 6.07 Å². The molecule has 2 aromatic carbocycles. The number of benzene rings is 2. The molecule has 5 rings (SSSR count). The lowest BCUT2D eigenvalue weighted by Crippen LogP contribution is -2.44. The summed E-state index contributed by atoms with van der Waals surface area (Å²) >= 11 is 6.83. The van der Waals surface area contributed by atoms with Crippen molar-refractivity contribution in [2.45, 2.75) is 32.1 Å². The van der Waals surface area contributed by atoms with Gasteiger partial charge in [-0.3, -0.25) is 0 Å². The zero-order valence-electron chi connectivity index (χ0n) is 20.9. The van der Waals surface area contributed by atoms with Crippen molar-refractivity contribution in [3.05, 3.63) is 59.0 Å². The normalized spacial score (nSPS) is 16.2. The lowest BCUT2D eigenvalue weighted by Gasteiger charge is -2.29. The van der Waals surface area contributed by atoms with Crippen LogP contribution in [0.4, 0.5) is 10.2 Å². The van der Waals surface area contributed by atoms with Crippen molar-refractivity contribution in [3.63, 3.8) is 0 Å². The van der Waals surface area contributed by atoms with Gasteiger partial charge in [-0.05, 0) is 55.2 Å². The van der Waals surface area contributed by atoms with Crippen molar-refractivity contribution in [1.29, 1.82) is 0 Å². The molecule has 0 unspecified atom stereocenters. The molecule has 0 bridgehead atoms. The van der Waals surface area contributed by atoms with Crippen molar-refractivity contribution in [2.24, 2.45) is 9.98 Å². The summed E-state index contributed by atoms with van der Waals surface area (Å²) in [4.78, 5) is 19.3. The number of ether oxygens (including phenoxy) is 1. The zero-order chi connectivity index (χ0) is 25.9. The van der Waals surface area contributed by atoms with Gasteiger partial charge in [0, 0.05) is 49.7 Å². The summed E-state index contributed by atoms with van der Waals surface area (Å²) in [5.74, 6) is 1.09. The van der Waals surface area contributed by atoms with Crippen molar-refractivity contribution in [1.82, 2.24) is 15.3 Å². The number of aliphatic imine (C=N–C) groups is 2. The molecule has 1 saturated heterocycles. The van der Waals surface area contributed by atoms with Crippen molar-refractivity contribution >= 4 is 40.9 Å². The maximum atomic E-state index is 16.5. The molecular formula is C28H30ClFN6O. The van der Waals surface area contributed by atoms with E-state index in [9.17, 15) is 0 Å². The van der Waals surface area contributed by atoms with Crippen LogP contribution in [0.3, 0.4) is 0 Å². The van der Waals surface area contributed by atoms with Crippen LogP contribution in [0, 0.1) is 12.7 Å². The second-order valence-corrected chi connectivity index (χ2v) is 9.72. The monoisotopic (exact) mass is 520 g/mol. The van der Waals surface area contributed by atoms with E-state index < -0.39 is 5.82 Å². The number of rotatable bonds is 8. The lowest BCUT2D eigenvalue weighted by molar-refractivity contribution is 0.303. The molecule has 1 saturated carbocycles. The molecule has 0 amide bonds. The first kappa shape index (κ1) is 25.3. The van der Waals surface area contributed by atoms with E-state index in [1.807, 2.05) is 19.1 Å². The van der Waals surface area contributed by atoms with Crippen LogP contribution < -0.4 is 15.0 Å². The minimum absolute atomic E-state index is 0.0995. The molecule has 0 spiro atoms. The van der Waals surface area contributed by atoms with Gasteiger partial charge in [-0.15, -0.1) is 0 Å². The van der Waals surface area contributed by atoms with Crippen LogP contribution in [0.2, 0.25) is 5.02 Å². The number of nitrogens with one attached hydrogen (secondary N) is 1. The highest BCUT2D eigenvalue weighted by Gasteiger charge is 2.30. The Hall–Kier alpha value is -3.36. The van der Waals surface area contributed by atoms with Crippen molar-refractivity contribution < 1.29 is 9.13 Å². The largest absolute Gasteiger partial charge is 0.463 e. The molecule has 2 heterocycles. The van der Waals surface area contributed by atoms with Crippen LogP contribution in [0.1, 0.15) is 36.3 Å². The summed E-state index contributed by atoms with van der Waals surface area (Å²) in [7, 11) is 0. The minimum Gasteiger partial charge on any atom is -0.463 e. The van der Waals surface area contributed by atoms with E-state index >= 15 is 4.39 Å². The van der Waals surface area contributed by atoms with E-state index in [0.717, 1.165) is 55.7 Å². The molecule has 0 atom stereocenters. The molecule has 2 fully saturated rings. The van der Waals surface area contributed by atoms with Gasteiger partial charge >= 0.3 is 6.01 Å². The van der Waals surface area contributed by atoms with Gasteiger partial charge in [-0.25, -0.2) is 14.4 Å². The van der Waals surface area contributed by atoms with E-state index in [0.29, 0.717) is 40.0 Å². The van der Waals surface area contributed by atoms with Gasteiger partial charge in [0.1, 0.15) is 17.2 Å². The highest BCUT2D eigenvalue weighted by Crippen LogP contribution is 2.48. The summed E-state index contributed by atoms with van der Waals surface area (Å²) in [5.41, 5.74) is 3.58. The second-order valence-electron chi connectivity index (χ2n) is 9.31. The summed E-state index contributed by atoms with van der Waals surface area (Å²) in [6, 6.07) is 8.00. The Balaban J connectivity index is 1.63. The molecular weight excluding hydrogens is 491 g/mol. The Labute approximate surface area is 221 Å². The summed E-state index contributed by atoms with van der Waals surface area (Å²) < 4.78 is 22.4. The zero-order valence-corrected chi connectivity index (χ0v) is 21.7. The summed E-state index contributed by atoms with van der Waals surface area (Å²) in [5, 5.41) is 4.27. The number of anilines is 1. The van der Waals surface area contributed by atoms with Crippen LogP contribution in [0.5, 0.6) is 6.01 Å². The van der Waals surface area contributed by atoms with E-state index in [4.69, 9.17) is 16.3 Å². The van der Waals surface area contributed by atoms with Crippen LogP contribution in [-0.4, -0.2) is 55.3 Å². The Morgan fingerprint density at radius 1 is 1.27 bits per heavy atom. The van der Waals surface area contributed by atoms with Gasteiger partial charge in [-0.1, -0.05) is 36.4 Å². The Morgan fingerprint density at radius 3 is 2.76 bits per heavy atom. The topological polar surface area (TPSA) is 75.0 Å². The molecule has 1 N–H and O–H groups in total. The fraction of sp³-hybridized carbons (Fsp3) is 0.357. The predicted octanol–water partition coefficient (Wildman–Crippen LogP) is 5.70. The van der Waals surface area contributed by atoms with Crippen molar-refractivity contribution in [2.75, 3.05) is 37.7 Å². The number of halogens is 2. The number of fused-ring (bicyclic) bond motifs is 1. The number of nitrogens with zero attached hydrogens (tertiary/aromatic N) is 5. The predicted molar refractivity (Wildman–Crippen MR) is 149 cm³/mol. The highest BCUT2D eigenvalue weighted by atomic mass is 35.5. The van der Waals surface area contributed by atoms with E-state index in [-0.39, 0.29) is 18.1 Å². The van der Waals surface area contributed by atoms with E-state index in [2.05, 4.69) is 49.5 Å². The molecule has 1 aliphatic heterocycles. The lowest BCUT2D eigenvalue weighted by atomic mass is 9.91. The molecule has 0 radical (unpaired) electrons. The van der Waals surface area contributed by atoms with Gasteiger partial charge < -0.3 is 15.0 Å². The van der Waals surface area contributed by atoms with E-state index in [1.165, 1.54) is 6.20 Å². The molecule has 3 aromatic rings. The number of aryl methyl sites for hydroxylation is 1. The molecule has 2 aliphatic rings. The molecule has 37 heavy (non-hydrogen) atoms. The minimum atomic E-state index is -0.455. The smallest absolute Gasteiger partial charge is 0.319 e. The Bertz CT molecular complexity index is 1380. The quantitative estimate of drug-likeness (QED) is 0.305. The summed E-state index contributed by atoms with van der Waals surface area (Å²) in [6.07, 6.45) is 4.00. The number of piperazine rings is 1. The standard InChI is InChI=1S/C28H30ClFN6O/c1-4-33-22(31-3)10-15-37-28-34-26-20(27(35-28)36-13-11-32-12-14-36)16-21(29)24(25(26)30)23-17(2)6-5-7-19(23)18-8-9-18/h4-7,16,18,32H,1,3,8-15H2,2H3. The Kier molecular flexibility index (Phi) is 7.48. The van der Waals surface area contributed by atoms with Gasteiger partial charge in [0.2, 0.25) is 0 Å². The SMILES string of the molecule is C=CN=C(CCOc1nc(N2CCNCC2)c2cc(Cl)c(-c3c(C)cccc3C3CC3)c(F)c2n1)N=C. The first-order valence-corrected chi connectivity index (χ1v) is 12.9. The third kappa shape index (κ3) is 5.22. The number of hydrogen-bond acceptors (Lipinski definition) is 6. The van der Waals surface area contributed by atoms with Gasteiger partial charge in [0.05, 0.1) is 11.6 Å². The number of hydrogen-bond donors (Lipinski definition) is 1. The molecule has 1 aliphatic carbocycles. The van der Waals surface area contributed by atoms with Crippen LogP contribution in [-0.2, 0) is 0 Å².